The molecule has 5 heteroatoms. The maximum Gasteiger partial charge on any atom is 0.243 e. The van der Waals surface area contributed by atoms with E-state index in [2.05, 4.69) is 40.5 Å². The van der Waals surface area contributed by atoms with Gasteiger partial charge in [0, 0.05) is 31.6 Å². The van der Waals surface area contributed by atoms with Crippen LogP contribution < -0.4 is 10.1 Å². The molecule has 1 aliphatic heterocycles. The predicted molar refractivity (Wildman–Crippen MR) is 128 cm³/mol. The Kier molecular flexibility index (Phi) is 8.95. The summed E-state index contributed by atoms with van der Waals surface area (Å²) < 4.78 is 5.40. The minimum Gasteiger partial charge on any atom is -0.497 e. The quantitative estimate of drug-likeness (QED) is 0.386. The molecule has 1 N–H and O–H groups in total. The summed E-state index contributed by atoms with van der Waals surface area (Å²) in [7, 11) is 1.70. The minimum atomic E-state index is -0.0172. The Hall–Kier alpha value is -2.82. The Morgan fingerprint density at radius 2 is 2.16 bits per heavy atom. The molecule has 0 atom stereocenters. The van der Waals surface area contributed by atoms with Crippen LogP contribution in [0.15, 0.2) is 53.2 Å². The number of carbonyl (C=O) groups excluding carboxylic acids is 1. The van der Waals surface area contributed by atoms with Crippen molar-refractivity contribution >= 4 is 17.7 Å². The first kappa shape index (κ1) is 22.9. The van der Waals surface area contributed by atoms with E-state index in [4.69, 9.17) is 4.74 Å². The van der Waals surface area contributed by atoms with Gasteiger partial charge in [-0.1, -0.05) is 31.9 Å². The van der Waals surface area contributed by atoms with Gasteiger partial charge in [0.15, 0.2) is 0 Å². The highest BCUT2D eigenvalue weighted by Crippen LogP contribution is 2.38. The molecule has 0 spiro atoms. The molecule has 5 nitrogen and oxygen atoms in total. The summed E-state index contributed by atoms with van der Waals surface area (Å²) in [6, 6.07) is 6.32. The smallest absolute Gasteiger partial charge is 0.243 e. The highest BCUT2D eigenvalue weighted by atomic mass is 16.5. The van der Waals surface area contributed by atoms with Crippen LogP contribution in [-0.4, -0.2) is 43.9 Å². The molecule has 3 rings (SSSR count). The topological polar surface area (TPSA) is 53.9 Å². The maximum atomic E-state index is 12.3. The number of fused-ring (bicyclic) bond motifs is 1. The second-order valence-corrected chi connectivity index (χ2v) is 8.12. The fraction of sp³-hybridized carbons (Fsp3) is 0.462. The largest absolute Gasteiger partial charge is 0.497 e. The Balaban J connectivity index is 1.50. The molecule has 1 aromatic carbocycles. The van der Waals surface area contributed by atoms with Gasteiger partial charge in [-0.2, -0.15) is 0 Å². The van der Waals surface area contributed by atoms with Crippen molar-refractivity contribution < 1.29 is 9.53 Å². The van der Waals surface area contributed by atoms with E-state index in [1.54, 1.807) is 13.2 Å². The van der Waals surface area contributed by atoms with Crippen molar-refractivity contribution in [1.29, 1.82) is 0 Å². The lowest BCUT2D eigenvalue weighted by Gasteiger charge is -2.19. The molecule has 1 aliphatic carbocycles. The van der Waals surface area contributed by atoms with Gasteiger partial charge in [-0.25, -0.2) is 0 Å². The van der Waals surface area contributed by atoms with E-state index in [1.807, 2.05) is 24.4 Å². The Morgan fingerprint density at radius 3 is 2.94 bits per heavy atom. The number of methoxy groups -OCH3 is 1. The molecule has 166 valence electrons. The van der Waals surface area contributed by atoms with Crippen LogP contribution in [-0.2, 0) is 11.2 Å². The third kappa shape index (κ3) is 6.84. The molecule has 2 aliphatic rings. The number of benzene rings is 1. The normalized spacial score (nSPS) is 15.1. The lowest BCUT2D eigenvalue weighted by Crippen LogP contribution is -2.24. The molecule has 0 saturated heterocycles. The standard InChI is InChI=1S/C26H35N3O2/c1-3-4-5-9-24-21(18-22-19-23(31-2)11-12-25(22)24)10-13-26(30)28-15-6-7-16-29-17-8-14-27-20-29/h8,10-14,17,19H,3-7,9,15-16,18,20H2,1-2H3,(H,28,30). The summed E-state index contributed by atoms with van der Waals surface area (Å²) in [4.78, 5) is 18.7. The number of aliphatic imine (C=N–C) groups is 1. The average Bonchev–Trinajstić information content (AvgIpc) is 3.15. The number of rotatable bonds is 12. The number of unbranched alkanes of at least 4 members (excludes halogenated alkanes) is 3. The maximum absolute atomic E-state index is 12.3. The fourth-order valence-electron chi connectivity index (χ4n) is 4.08. The number of carbonyl (C=O) groups is 1. The van der Waals surface area contributed by atoms with Gasteiger partial charge in [-0.15, -0.1) is 0 Å². The second-order valence-electron chi connectivity index (χ2n) is 8.12. The van der Waals surface area contributed by atoms with Gasteiger partial charge in [0.25, 0.3) is 0 Å². The summed E-state index contributed by atoms with van der Waals surface area (Å²) in [5.41, 5.74) is 5.24. The van der Waals surface area contributed by atoms with Crippen molar-refractivity contribution in [3.05, 3.63) is 59.3 Å². The Bertz CT molecular complexity index is 867. The molecule has 1 heterocycles. The van der Waals surface area contributed by atoms with Gasteiger partial charge >= 0.3 is 0 Å². The van der Waals surface area contributed by atoms with Crippen molar-refractivity contribution in [2.45, 2.75) is 51.9 Å². The fourth-order valence-corrected chi connectivity index (χ4v) is 4.08. The van der Waals surface area contributed by atoms with Crippen molar-refractivity contribution in [2.24, 2.45) is 4.99 Å². The Morgan fingerprint density at radius 1 is 1.26 bits per heavy atom. The number of nitrogens with one attached hydrogen (secondary N) is 1. The van der Waals surface area contributed by atoms with Crippen LogP contribution in [0.5, 0.6) is 5.75 Å². The van der Waals surface area contributed by atoms with Crippen molar-refractivity contribution in [2.75, 3.05) is 26.9 Å². The van der Waals surface area contributed by atoms with Crippen molar-refractivity contribution in [3.8, 4) is 5.75 Å². The number of amides is 1. The van der Waals surface area contributed by atoms with Crippen LogP contribution in [0.2, 0.25) is 0 Å². The summed E-state index contributed by atoms with van der Waals surface area (Å²) in [5, 5.41) is 3.02. The van der Waals surface area contributed by atoms with Gasteiger partial charge in [-0.3, -0.25) is 9.79 Å². The summed E-state index contributed by atoms with van der Waals surface area (Å²) >= 11 is 0. The van der Waals surface area contributed by atoms with Gasteiger partial charge in [0.05, 0.1) is 7.11 Å². The van der Waals surface area contributed by atoms with Crippen molar-refractivity contribution in [3.63, 3.8) is 0 Å². The van der Waals surface area contributed by atoms with E-state index in [0.717, 1.165) is 44.6 Å². The minimum absolute atomic E-state index is 0.0172. The number of hydrogen-bond donors (Lipinski definition) is 1. The van der Waals surface area contributed by atoms with Gasteiger partial charge < -0.3 is 15.0 Å². The zero-order valence-corrected chi connectivity index (χ0v) is 18.9. The third-order valence-corrected chi connectivity index (χ3v) is 5.80. The summed E-state index contributed by atoms with van der Waals surface area (Å²) in [6.07, 6.45) is 17.1. The highest BCUT2D eigenvalue weighted by Gasteiger charge is 2.20. The van der Waals surface area contributed by atoms with E-state index in [9.17, 15) is 4.79 Å². The lowest BCUT2D eigenvalue weighted by atomic mass is 9.99. The van der Waals surface area contributed by atoms with E-state index in [1.165, 1.54) is 41.5 Å². The summed E-state index contributed by atoms with van der Waals surface area (Å²) in [5.74, 6) is 0.873. The van der Waals surface area contributed by atoms with Crippen LogP contribution in [0.4, 0.5) is 0 Å². The van der Waals surface area contributed by atoms with Gasteiger partial charge in [0.2, 0.25) is 5.91 Å². The first-order valence-electron chi connectivity index (χ1n) is 11.5. The highest BCUT2D eigenvalue weighted by molar-refractivity contribution is 5.89. The zero-order chi connectivity index (χ0) is 21.9. The number of allylic oxidation sites excluding steroid dienone is 4. The van der Waals surface area contributed by atoms with Gasteiger partial charge in [0.1, 0.15) is 12.4 Å². The number of ether oxygens (including phenoxy) is 1. The van der Waals surface area contributed by atoms with E-state index in [0.29, 0.717) is 6.54 Å². The number of hydrogen-bond acceptors (Lipinski definition) is 4. The molecule has 0 unspecified atom stereocenters. The monoisotopic (exact) mass is 421 g/mol. The molecule has 1 aromatic rings. The lowest BCUT2D eigenvalue weighted by molar-refractivity contribution is -0.116. The first-order chi connectivity index (χ1) is 15.2. The molecule has 0 aromatic heterocycles. The Labute approximate surface area is 186 Å². The summed E-state index contributed by atoms with van der Waals surface area (Å²) in [6.45, 7) is 4.62. The molecule has 1 amide bonds. The second kappa shape index (κ2) is 12.1. The average molecular weight is 422 g/mol. The molecule has 0 bridgehead atoms. The molecular formula is C26H35N3O2. The zero-order valence-electron chi connectivity index (χ0n) is 18.9. The van der Waals surface area contributed by atoms with Gasteiger partial charge in [-0.05, 0) is 72.6 Å². The molecule has 31 heavy (non-hydrogen) atoms. The predicted octanol–water partition coefficient (Wildman–Crippen LogP) is 4.90. The van der Waals surface area contributed by atoms with Crippen LogP contribution in [0.1, 0.15) is 56.6 Å². The molecule has 0 fully saturated rings. The van der Waals surface area contributed by atoms with Crippen LogP contribution in [0, 0.1) is 0 Å². The molecular weight excluding hydrogens is 386 g/mol. The van der Waals surface area contributed by atoms with E-state index < -0.39 is 0 Å². The SMILES string of the molecule is CCCCCC1=C(C=CC(=O)NCCCCN2C=CC=NC2)Cc2cc(OC)ccc21. The van der Waals surface area contributed by atoms with Crippen LogP contribution in [0.3, 0.4) is 0 Å². The first-order valence-corrected chi connectivity index (χ1v) is 11.5. The van der Waals surface area contributed by atoms with E-state index >= 15 is 0 Å². The molecule has 0 saturated carbocycles. The molecule has 0 radical (unpaired) electrons. The van der Waals surface area contributed by atoms with Crippen molar-refractivity contribution in [1.82, 2.24) is 10.2 Å². The third-order valence-electron chi connectivity index (χ3n) is 5.80. The van der Waals surface area contributed by atoms with Crippen LogP contribution in [0.25, 0.3) is 5.57 Å². The van der Waals surface area contributed by atoms with E-state index in [-0.39, 0.29) is 5.91 Å². The number of nitrogens with zero attached hydrogens (tertiary/aromatic N) is 2. The van der Waals surface area contributed by atoms with Crippen LogP contribution >= 0.6 is 0 Å².